The molecule has 6 nitrogen and oxygen atoms in total. The molecule has 122 valence electrons. The molecule has 0 saturated heterocycles. The van der Waals surface area contributed by atoms with Gasteiger partial charge in [0.05, 0.1) is 5.69 Å². The number of benzene rings is 2. The fraction of sp³-hybridized carbons (Fsp3) is 0.167. The predicted octanol–water partition coefficient (Wildman–Crippen LogP) is 2.77. The van der Waals surface area contributed by atoms with Gasteiger partial charge in [-0.3, -0.25) is 4.79 Å². The van der Waals surface area contributed by atoms with E-state index in [1.54, 1.807) is 19.1 Å². The van der Waals surface area contributed by atoms with Crippen LogP contribution in [0.1, 0.15) is 24.1 Å². The van der Waals surface area contributed by atoms with Gasteiger partial charge < -0.3 is 10.4 Å². The number of carbonyl (C=O) groups excluding carboxylic acids is 1. The maximum atomic E-state index is 12.3. The molecule has 3 aromatic rings. The second-order valence-electron chi connectivity index (χ2n) is 5.55. The van der Waals surface area contributed by atoms with Gasteiger partial charge in [0.1, 0.15) is 24.4 Å². The highest BCUT2D eigenvalue weighted by molar-refractivity contribution is 5.94. The third kappa shape index (κ3) is 3.60. The van der Waals surface area contributed by atoms with Gasteiger partial charge >= 0.3 is 0 Å². The van der Waals surface area contributed by atoms with E-state index in [0.717, 1.165) is 17.5 Å². The van der Waals surface area contributed by atoms with Gasteiger partial charge in [0.2, 0.25) is 5.91 Å². The van der Waals surface area contributed by atoms with E-state index in [1.165, 1.54) is 17.3 Å². The molecule has 3 rings (SSSR count). The topological polar surface area (TPSA) is 80.0 Å². The van der Waals surface area contributed by atoms with Crippen LogP contribution in [0.25, 0.3) is 0 Å². The molecule has 1 atom stereocenters. The van der Waals surface area contributed by atoms with Crippen molar-refractivity contribution in [3.8, 4) is 5.75 Å². The van der Waals surface area contributed by atoms with Crippen molar-refractivity contribution in [2.75, 3.05) is 5.32 Å². The monoisotopic (exact) mass is 322 g/mol. The average Bonchev–Trinajstić information content (AvgIpc) is 3.12. The number of phenolic OH excluding ortho intramolecular Hbond substituents is 1. The normalized spacial score (nSPS) is 11.9. The van der Waals surface area contributed by atoms with E-state index in [1.807, 2.05) is 36.4 Å². The zero-order chi connectivity index (χ0) is 16.9. The summed E-state index contributed by atoms with van der Waals surface area (Å²) in [4.78, 5) is 16.2. The Bertz CT molecular complexity index is 816. The van der Waals surface area contributed by atoms with Crippen molar-refractivity contribution < 1.29 is 9.90 Å². The fourth-order valence-electron chi connectivity index (χ4n) is 2.40. The molecular weight excluding hydrogens is 304 g/mol. The smallest absolute Gasteiger partial charge is 0.249 e. The lowest BCUT2D eigenvalue weighted by Crippen LogP contribution is -2.24. The van der Waals surface area contributed by atoms with Gasteiger partial charge in [-0.25, -0.2) is 9.67 Å². The largest absolute Gasteiger partial charge is 0.506 e. The Labute approximate surface area is 139 Å². The van der Waals surface area contributed by atoms with Gasteiger partial charge in [-0.1, -0.05) is 36.4 Å². The summed E-state index contributed by atoms with van der Waals surface area (Å²) in [5.41, 5.74) is 2.56. The lowest BCUT2D eigenvalue weighted by atomic mass is 10.0. The van der Waals surface area contributed by atoms with Gasteiger partial charge in [0.25, 0.3) is 0 Å². The van der Waals surface area contributed by atoms with Crippen LogP contribution >= 0.6 is 0 Å². The molecule has 0 spiro atoms. The Morgan fingerprint density at radius 1 is 1.21 bits per heavy atom. The summed E-state index contributed by atoms with van der Waals surface area (Å²) in [5.74, 6) is -0.237. The van der Waals surface area contributed by atoms with Crippen LogP contribution in [0.5, 0.6) is 5.75 Å². The maximum Gasteiger partial charge on any atom is 0.249 e. The molecule has 2 N–H and O–H groups in total. The lowest BCUT2D eigenvalue weighted by molar-refractivity contribution is -0.119. The minimum absolute atomic E-state index is 0.0333. The number of rotatable bonds is 5. The molecule has 1 unspecified atom stereocenters. The summed E-state index contributed by atoms with van der Waals surface area (Å²) in [6.45, 7) is 1.72. The van der Waals surface area contributed by atoms with Gasteiger partial charge in [-0.2, -0.15) is 5.10 Å². The second-order valence-corrected chi connectivity index (χ2v) is 5.55. The van der Waals surface area contributed by atoms with Crippen LogP contribution in [-0.4, -0.2) is 25.8 Å². The molecule has 0 saturated carbocycles. The third-order valence-electron chi connectivity index (χ3n) is 3.78. The van der Waals surface area contributed by atoms with Crippen molar-refractivity contribution in [2.24, 2.45) is 0 Å². The molecule has 1 heterocycles. The number of anilines is 1. The van der Waals surface area contributed by atoms with Crippen LogP contribution in [0.3, 0.4) is 0 Å². The predicted molar refractivity (Wildman–Crippen MR) is 90.7 cm³/mol. The minimum Gasteiger partial charge on any atom is -0.506 e. The summed E-state index contributed by atoms with van der Waals surface area (Å²) in [7, 11) is 0. The third-order valence-corrected chi connectivity index (χ3v) is 3.78. The second kappa shape index (κ2) is 6.95. The highest BCUT2D eigenvalue weighted by Crippen LogP contribution is 2.26. The van der Waals surface area contributed by atoms with Gasteiger partial charge in [0.15, 0.2) is 0 Å². The van der Waals surface area contributed by atoms with E-state index < -0.39 is 6.04 Å². The number of aromatic hydroxyl groups is 1. The number of hydrogen-bond donors (Lipinski definition) is 2. The molecule has 2 aromatic carbocycles. The summed E-state index contributed by atoms with van der Waals surface area (Å²) in [6.07, 6.45) is 3.58. The standard InChI is InChI=1S/C18H18N4O2/c1-13(22-12-19-11-20-22)18(24)21-16-10-15(7-8-17(16)23)9-14-5-3-2-4-6-14/h2-8,10-13,23H,9H2,1H3,(H,21,24). The molecule has 6 heteroatoms. The van der Waals surface area contributed by atoms with Crippen molar-refractivity contribution in [3.63, 3.8) is 0 Å². The Hall–Kier alpha value is -3.15. The number of nitrogens with zero attached hydrogens (tertiary/aromatic N) is 3. The number of amides is 1. The van der Waals surface area contributed by atoms with Crippen molar-refractivity contribution in [1.29, 1.82) is 0 Å². The molecule has 1 aromatic heterocycles. The molecule has 0 bridgehead atoms. The van der Waals surface area contributed by atoms with Crippen LogP contribution < -0.4 is 5.32 Å². The van der Waals surface area contributed by atoms with Gasteiger partial charge in [0, 0.05) is 0 Å². The number of nitrogens with one attached hydrogen (secondary N) is 1. The van der Waals surface area contributed by atoms with E-state index >= 15 is 0 Å². The van der Waals surface area contributed by atoms with Crippen molar-refractivity contribution >= 4 is 11.6 Å². The van der Waals surface area contributed by atoms with Crippen LogP contribution in [0.2, 0.25) is 0 Å². The van der Waals surface area contributed by atoms with Crippen LogP contribution in [0.15, 0.2) is 61.2 Å². The molecule has 24 heavy (non-hydrogen) atoms. The lowest BCUT2D eigenvalue weighted by Gasteiger charge is -2.14. The quantitative estimate of drug-likeness (QED) is 0.708. The highest BCUT2D eigenvalue weighted by atomic mass is 16.3. The summed E-state index contributed by atoms with van der Waals surface area (Å²) in [5, 5.41) is 16.7. The molecular formula is C18H18N4O2. The van der Waals surface area contributed by atoms with E-state index in [0.29, 0.717) is 5.69 Å². The van der Waals surface area contributed by atoms with Gasteiger partial charge in [-0.05, 0) is 36.6 Å². The number of phenols is 1. The molecule has 0 aliphatic carbocycles. The average molecular weight is 322 g/mol. The van der Waals surface area contributed by atoms with Crippen LogP contribution in [0.4, 0.5) is 5.69 Å². The van der Waals surface area contributed by atoms with Gasteiger partial charge in [-0.15, -0.1) is 0 Å². The first-order chi connectivity index (χ1) is 11.6. The highest BCUT2D eigenvalue weighted by Gasteiger charge is 2.17. The van der Waals surface area contributed by atoms with E-state index in [2.05, 4.69) is 15.4 Å². The zero-order valence-electron chi connectivity index (χ0n) is 13.3. The Kier molecular flexibility index (Phi) is 4.56. The molecule has 1 amide bonds. The Morgan fingerprint density at radius 3 is 2.71 bits per heavy atom. The van der Waals surface area contributed by atoms with Crippen molar-refractivity contribution in [3.05, 3.63) is 72.3 Å². The first-order valence-electron chi connectivity index (χ1n) is 7.64. The summed E-state index contributed by atoms with van der Waals surface area (Å²) < 4.78 is 1.46. The maximum absolute atomic E-state index is 12.3. The minimum atomic E-state index is -0.523. The zero-order valence-corrected chi connectivity index (χ0v) is 13.3. The summed E-state index contributed by atoms with van der Waals surface area (Å²) >= 11 is 0. The van der Waals surface area contributed by atoms with Crippen LogP contribution in [-0.2, 0) is 11.2 Å². The Balaban J connectivity index is 1.75. The van der Waals surface area contributed by atoms with E-state index in [-0.39, 0.29) is 11.7 Å². The number of carbonyl (C=O) groups is 1. The van der Waals surface area contributed by atoms with Crippen LogP contribution in [0, 0.1) is 0 Å². The first kappa shape index (κ1) is 15.7. The molecule has 0 aliphatic rings. The molecule has 0 fully saturated rings. The molecule has 0 aliphatic heterocycles. The summed E-state index contributed by atoms with van der Waals surface area (Å²) in [6, 6.07) is 14.7. The SMILES string of the molecule is CC(C(=O)Nc1cc(Cc2ccccc2)ccc1O)n1cncn1. The van der Waals surface area contributed by atoms with E-state index in [4.69, 9.17) is 0 Å². The fourth-order valence-corrected chi connectivity index (χ4v) is 2.40. The first-order valence-corrected chi connectivity index (χ1v) is 7.64. The Morgan fingerprint density at radius 2 is 2.00 bits per heavy atom. The molecule has 0 radical (unpaired) electrons. The number of hydrogen-bond acceptors (Lipinski definition) is 4. The van der Waals surface area contributed by atoms with E-state index in [9.17, 15) is 9.90 Å². The van der Waals surface area contributed by atoms with Crippen molar-refractivity contribution in [2.45, 2.75) is 19.4 Å². The van der Waals surface area contributed by atoms with Crippen molar-refractivity contribution in [1.82, 2.24) is 14.8 Å². The number of aromatic nitrogens is 3.